The lowest BCUT2D eigenvalue weighted by atomic mass is 9.91. The molecule has 2 fully saturated rings. The van der Waals surface area contributed by atoms with Crippen LogP contribution in [0, 0.1) is 5.92 Å². The summed E-state index contributed by atoms with van der Waals surface area (Å²) in [6.07, 6.45) is 9.85. The maximum absolute atomic E-state index is 3.63. The van der Waals surface area contributed by atoms with Gasteiger partial charge in [0.05, 0.1) is 0 Å². The average molecular weight is 238 g/mol. The molecule has 0 bridgehead atoms. The molecule has 0 aromatic heterocycles. The van der Waals surface area contributed by atoms with Crippen LogP contribution in [-0.2, 0) is 0 Å². The minimum Gasteiger partial charge on any atom is -0.314 e. The molecule has 0 aromatic carbocycles. The fourth-order valence-electron chi connectivity index (χ4n) is 3.06. The zero-order valence-electron chi connectivity index (χ0n) is 11.8. The van der Waals surface area contributed by atoms with Crippen LogP contribution in [0.15, 0.2) is 0 Å². The fourth-order valence-corrected chi connectivity index (χ4v) is 3.06. The molecule has 1 aliphatic heterocycles. The zero-order chi connectivity index (χ0) is 12.1. The topological polar surface area (TPSA) is 15.3 Å². The van der Waals surface area contributed by atoms with Crippen molar-refractivity contribution in [3.05, 3.63) is 0 Å². The van der Waals surface area contributed by atoms with Crippen LogP contribution < -0.4 is 5.32 Å². The van der Waals surface area contributed by atoms with E-state index >= 15 is 0 Å². The molecule has 1 N–H and O–H groups in total. The van der Waals surface area contributed by atoms with Gasteiger partial charge in [-0.15, -0.1) is 0 Å². The van der Waals surface area contributed by atoms with E-state index in [9.17, 15) is 0 Å². The predicted octanol–water partition coefficient (Wildman–Crippen LogP) is 3.03. The zero-order valence-corrected chi connectivity index (χ0v) is 11.8. The summed E-state index contributed by atoms with van der Waals surface area (Å²) in [5, 5.41) is 3.63. The lowest BCUT2D eigenvalue weighted by molar-refractivity contribution is 0.131. The summed E-state index contributed by atoms with van der Waals surface area (Å²) in [4.78, 5) is 2.71. The van der Waals surface area contributed by atoms with Crippen molar-refractivity contribution < 1.29 is 0 Å². The van der Waals surface area contributed by atoms with E-state index in [1.807, 2.05) is 0 Å². The molecule has 0 amide bonds. The highest BCUT2D eigenvalue weighted by Gasteiger charge is 2.23. The van der Waals surface area contributed by atoms with Gasteiger partial charge in [-0.1, -0.05) is 19.8 Å². The van der Waals surface area contributed by atoms with Crippen molar-refractivity contribution in [2.24, 2.45) is 5.92 Å². The van der Waals surface area contributed by atoms with Gasteiger partial charge in [0.15, 0.2) is 0 Å². The SMILES string of the molecule is CCCC1CCN(C(C)CCNC2CC2)CC1. The van der Waals surface area contributed by atoms with Gasteiger partial charge in [-0.3, -0.25) is 0 Å². The normalized spacial score (nSPS) is 25.1. The molecule has 100 valence electrons. The van der Waals surface area contributed by atoms with E-state index in [1.165, 1.54) is 64.6 Å². The number of nitrogens with zero attached hydrogens (tertiary/aromatic N) is 1. The van der Waals surface area contributed by atoms with Crippen LogP contribution >= 0.6 is 0 Å². The van der Waals surface area contributed by atoms with Gasteiger partial charge in [0.25, 0.3) is 0 Å². The summed E-state index contributed by atoms with van der Waals surface area (Å²) in [6, 6.07) is 1.65. The molecule has 1 saturated carbocycles. The van der Waals surface area contributed by atoms with Crippen LogP contribution in [0.5, 0.6) is 0 Å². The maximum Gasteiger partial charge on any atom is 0.00790 e. The highest BCUT2D eigenvalue weighted by atomic mass is 15.2. The first-order valence-corrected chi connectivity index (χ1v) is 7.77. The summed E-state index contributed by atoms with van der Waals surface area (Å²) >= 11 is 0. The van der Waals surface area contributed by atoms with E-state index in [4.69, 9.17) is 0 Å². The Balaban J connectivity index is 1.57. The molecule has 1 unspecified atom stereocenters. The lowest BCUT2D eigenvalue weighted by Crippen LogP contribution is -2.41. The van der Waals surface area contributed by atoms with Crippen LogP contribution in [0.3, 0.4) is 0 Å². The highest BCUT2D eigenvalue weighted by Crippen LogP contribution is 2.24. The number of nitrogens with one attached hydrogen (secondary N) is 1. The Labute approximate surface area is 107 Å². The summed E-state index contributed by atoms with van der Waals surface area (Å²) in [5.74, 6) is 1.02. The van der Waals surface area contributed by atoms with Gasteiger partial charge in [-0.2, -0.15) is 0 Å². The molecule has 1 aliphatic carbocycles. The van der Waals surface area contributed by atoms with Crippen molar-refractivity contribution in [2.45, 2.75) is 70.9 Å². The van der Waals surface area contributed by atoms with Crippen LogP contribution in [-0.4, -0.2) is 36.6 Å². The highest BCUT2D eigenvalue weighted by molar-refractivity contribution is 4.82. The second-order valence-electron chi connectivity index (χ2n) is 6.13. The van der Waals surface area contributed by atoms with Crippen molar-refractivity contribution in [1.82, 2.24) is 10.2 Å². The fraction of sp³-hybridized carbons (Fsp3) is 1.00. The molecular formula is C15H30N2. The third-order valence-electron chi connectivity index (χ3n) is 4.54. The monoisotopic (exact) mass is 238 g/mol. The lowest BCUT2D eigenvalue weighted by Gasteiger charge is -2.36. The van der Waals surface area contributed by atoms with Gasteiger partial charge < -0.3 is 10.2 Å². The minimum atomic E-state index is 0.781. The smallest absolute Gasteiger partial charge is 0.00790 e. The molecule has 2 nitrogen and oxygen atoms in total. The van der Waals surface area contributed by atoms with E-state index in [0.717, 1.165) is 18.0 Å². The number of hydrogen-bond donors (Lipinski definition) is 1. The Morgan fingerprint density at radius 1 is 1.18 bits per heavy atom. The van der Waals surface area contributed by atoms with Crippen molar-refractivity contribution in [1.29, 1.82) is 0 Å². The second kappa shape index (κ2) is 6.75. The van der Waals surface area contributed by atoms with Gasteiger partial charge in [0.1, 0.15) is 0 Å². The third-order valence-corrected chi connectivity index (χ3v) is 4.54. The molecule has 1 saturated heterocycles. The van der Waals surface area contributed by atoms with Crippen LogP contribution in [0.1, 0.15) is 58.8 Å². The molecular weight excluding hydrogens is 208 g/mol. The van der Waals surface area contributed by atoms with E-state index < -0.39 is 0 Å². The Morgan fingerprint density at radius 2 is 1.88 bits per heavy atom. The van der Waals surface area contributed by atoms with E-state index in [-0.39, 0.29) is 0 Å². The number of piperidine rings is 1. The van der Waals surface area contributed by atoms with E-state index in [2.05, 4.69) is 24.1 Å². The number of likely N-dealkylation sites (tertiary alicyclic amines) is 1. The van der Waals surface area contributed by atoms with E-state index in [1.54, 1.807) is 0 Å². The Hall–Kier alpha value is -0.0800. The van der Waals surface area contributed by atoms with Crippen LogP contribution in [0.2, 0.25) is 0 Å². The summed E-state index contributed by atoms with van der Waals surface area (Å²) in [7, 11) is 0. The predicted molar refractivity (Wildman–Crippen MR) is 74.3 cm³/mol. The van der Waals surface area contributed by atoms with Crippen molar-refractivity contribution in [3.63, 3.8) is 0 Å². The molecule has 17 heavy (non-hydrogen) atoms. The van der Waals surface area contributed by atoms with Crippen molar-refractivity contribution in [2.75, 3.05) is 19.6 Å². The van der Waals surface area contributed by atoms with Gasteiger partial charge in [0, 0.05) is 12.1 Å². The Morgan fingerprint density at radius 3 is 2.47 bits per heavy atom. The summed E-state index contributed by atoms with van der Waals surface area (Å²) in [5.41, 5.74) is 0. The molecule has 1 heterocycles. The Bertz CT molecular complexity index is 205. The van der Waals surface area contributed by atoms with Crippen LogP contribution in [0.4, 0.5) is 0 Å². The minimum absolute atomic E-state index is 0.781. The van der Waals surface area contributed by atoms with Gasteiger partial charge in [0.2, 0.25) is 0 Å². The molecule has 2 rings (SSSR count). The Kier molecular flexibility index (Phi) is 5.30. The van der Waals surface area contributed by atoms with Crippen molar-refractivity contribution >= 4 is 0 Å². The third kappa shape index (κ3) is 4.59. The first-order chi connectivity index (χ1) is 8.29. The van der Waals surface area contributed by atoms with Crippen molar-refractivity contribution in [3.8, 4) is 0 Å². The molecule has 2 aliphatic rings. The first kappa shape index (κ1) is 13.4. The standard InChI is InChI=1S/C15H30N2/c1-3-4-14-8-11-17(12-9-14)13(2)7-10-16-15-5-6-15/h13-16H,3-12H2,1-2H3. The molecule has 2 heteroatoms. The van der Waals surface area contributed by atoms with Gasteiger partial charge in [-0.05, 0) is 64.6 Å². The average Bonchev–Trinajstić information content (AvgIpc) is 3.14. The maximum atomic E-state index is 3.63. The number of rotatable bonds is 7. The van der Waals surface area contributed by atoms with Gasteiger partial charge in [-0.25, -0.2) is 0 Å². The first-order valence-electron chi connectivity index (χ1n) is 7.77. The largest absolute Gasteiger partial charge is 0.314 e. The quantitative estimate of drug-likeness (QED) is 0.733. The number of hydrogen-bond acceptors (Lipinski definition) is 2. The van der Waals surface area contributed by atoms with Gasteiger partial charge >= 0.3 is 0 Å². The second-order valence-corrected chi connectivity index (χ2v) is 6.13. The molecule has 0 spiro atoms. The van der Waals surface area contributed by atoms with E-state index in [0.29, 0.717) is 0 Å². The van der Waals surface area contributed by atoms with Crippen LogP contribution in [0.25, 0.3) is 0 Å². The molecule has 0 aromatic rings. The molecule has 0 radical (unpaired) electrons. The molecule has 1 atom stereocenters. The summed E-state index contributed by atoms with van der Waals surface area (Å²) in [6.45, 7) is 8.64. The summed E-state index contributed by atoms with van der Waals surface area (Å²) < 4.78 is 0.